The number of sulfonamides is 1. The van der Waals surface area contributed by atoms with Gasteiger partial charge in [-0.2, -0.15) is 0 Å². The standard InChI is InChI=1S/C12H16N4O3S/c1-3-13-12-14-7-11(8-15-12)20(17,18)16-6-10-5-4-9(2)19-10/h4-5,7-8,16H,3,6H2,1-2H3,(H,13,14,15). The normalized spacial score (nSPS) is 11.5. The maximum absolute atomic E-state index is 12.0. The number of hydrogen-bond donors (Lipinski definition) is 2. The zero-order valence-electron chi connectivity index (χ0n) is 11.3. The Bertz CT molecular complexity index is 664. The van der Waals surface area contributed by atoms with E-state index in [1.807, 2.05) is 6.92 Å². The number of aryl methyl sites for hydroxylation is 1. The Balaban J connectivity index is 2.05. The average Bonchev–Trinajstić information content (AvgIpc) is 2.84. The van der Waals surface area contributed by atoms with E-state index in [4.69, 9.17) is 4.42 Å². The number of rotatable bonds is 6. The van der Waals surface area contributed by atoms with Gasteiger partial charge in [-0.05, 0) is 26.0 Å². The van der Waals surface area contributed by atoms with Gasteiger partial charge in [0.25, 0.3) is 0 Å². The summed E-state index contributed by atoms with van der Waals surface area (Å²) < 4.78 is 31.8. The molecule has 108 valence electrons. The van der Waals surface area contributed by atoms with E-state index in [-0.39, 0.29) is 11.4 Å². The van der Waals surface area contributed by atoms with Crippen molar-refractivity contribution in [1.82, 2.24) is 14.7 Å². The largest absolute Gasteiger partial charge is 0.465 e. The predicted octanol–water partition coefficient (Wildman–Crippen LogP) is 1.29. The van der Waals surface area contributed by atoms with Crippen molar-refractivity contribution in [2.45, 2.75) is 25.3 Å². The molecule has 0 spiro atoms. The predicted molar refractivity (Wildman–Crippen MR) is 73.7 cm³/mol. The van der Waals surface area contributed by atoms with Gasteiger partial charge in [0.1, 0.15) is 16.4 Å². The van der Waals surface area contributed by atoms with Crippen LogP contribution in [0.2, 0.25) is 0 Å². The van der Waals surface area contributed by atoms with Crippen LogP contribution in [-0.2, 0) is 16.6 Å². The zero-order valence-corrected chi connectivity index (χ0v) is 12.1. The summed E-state index contributed by atoms with van der Waals surface area (Å²) in [5, 5.41) is 2.89. The van der Waals surface area contributed by atoms with E-state index < -0.39 is 10.0 Å². The highest BCUT2D eigenvalue weighted by molar-refractivity contribution is 7.89. The molecule has 0 saturated heterocycles. The van der Waals surface area contributed by atoms with Gasteiger partial charge in [0, 0.05) is 6.54 Å². The molecule has 0 radical (unpaired) electrons. The van der Waals surface area contributed by atoms with Crippen molar-refractivity contribution in [3.63, 3.8) is 0 Å². The molecule has 0 aliphatic carbocycles. The van der Waals surface area contributed by atoms with Crippen LogP contribution in [0, 0.1) is 6.92 Å². The van der Waals surface area contributed by atoms with Crippen molar-refractivity contribution in [3.8, 4) is 0 Å². The Labute approximate surface area is 117 Å². The topological polar surface area (TPSA) is 97.1 Å². The first kappa shape index (κ1) is 14.5. The zero-order chi connectivity index (χ0) is 14.6. The molecule has 2 aromatic rings. The number of nitrogens with zero attached hydrogens (tertiary/aromatic N) is 2. The lowest BCUT2D eigenvalue weighted by Crippen LogP contribution is -2.23. The minimum Gasteiger partial charge on any atom is -0.465 e. The van der Waals surface area contributed by atoms with Crippen LogP contribution in [0.1, 0.15) is 18.4 Å². The number of aromatic nitrogens is 2. The van der Waals surface area contributed by atoms with Crippen molar-refractivity contribution >= 4 is 16.0 Å². The molecule has 0 aromatic carbocycles. The fraction of sp³-hybridized carbons (Fsp3) is 0.333. The van der Waals surface area contributed by atoms with Gasteiger partial charge in [0.05, 0.1) is 18.9 Å². The molecule has 0 bridgehead atoms. The smallest absolute Gasteiger partial charge is 0.244 e. The van der Waals surface area contributed by atoms with Crippen LogP contribution in [0.25, 0.3) is 0 Å². The van der Waals surface area contributed by atoms with Gasteiger partial charge in [0.2, 0.25) is 16.0 Å². The number of hydrogen-bond acceptors (Lipinski definition) is 6. The lowest BCUT2D eigenvalue weighted by molar-refractivity contribution is 0.475. The molecule has 2 rings (SSSR count). The van der Waals surface area contributed by atoms with Crippen LogP contribution >= 0.6 is 0 Å². The number of anilines is 1. The van der Waals surface area contributed by atoms with Crippen LogP contribution < -0.4 is 10.0 Å². The van der Waals surface area contributed by atoms with Crippen LogP contribution in [0.15, 0.2) is 33.8 Å². The minimum absolute atomic E-state index is 0.0161. The quantitative estimate of drug-likeness (QED) is 0.833. The van der Waals surface area contributed by atoms with Gasteiger partial charge in [0.15, 0.2) is 0 Å². The van der Waals surface area contributed by atoms with Crippen LogP contribution in [0.3, 0.4) is 0 Å². The summed E-state index contributed by atoms with van der Waals surface area (Å²) in [6.07, 6.45) is 2.53. The molecule has 0 amide bonds. The van der Waals surface area contributed by atoms with Crippen LogP contribution in [0.5, 0.6) is 0 Å². The fourth-order valence-corrected chi connectivity index (χ4v) is 2.42. The van der Waals surface area contributed by atoms with Crippen molar-refractivity contribution in [1.29, 1.82) is 0 Å². The summed E-state index contributed by atoms with van der Waals surface area (Å²) in [5.74, 6) is 1.68. The average molecular weight is 296 g/mol. The molecule has 0 atom stereocenters. The summed E-state index contributed by atoms with van der Waals surface area (Å²) in [4.78, 5) is 7.87. The maximum atomic E-state index is 12.0. The third kappa shape index (κ3) is 3.55. The molecule has 20 heavy (non-hydrogen) atoms. The van der Waals surface area contributed by atoms with Crippen molar-refractivity contribution < 1.29 is 12.8 Å². The third-order valence-corrected chi connectivity index (χ3v) is 3.86. The van der Waals surface area contributed by atoms with Crippen molar-refractivity contribution in [3.05, 3.63) is 36.0 Å². The first-order valence-corrected chi connectivity index (χ1v) is 7.60. The second-order valence-electron chi connectivity index (χ2n) is 4.11. The Morgan fingerprint density at radius 3 is 2.50 bits per heavy atom. The first-order valence-electron chi connectivity index (χ1n) is 6.12. The third-order valence-electron chi connectivity index (χ3n) is 2.51. The molecule has 7 nitrogen and oxygen atoms in total. The van der Waals surface area contributed by atoms with Gasteiger partial charge in [-0.25, -0.2) is 23.1 Å². The Kier molecular flexibility index (Phi) is 4.35. The molecule has 2 aromatic heterocycles. The molecular formula is C12H16N4O3S. The van der Waals surface area contributed by atoms with E-state index in [0.29, 0.717) is 18.3 Å². The second kappa shape index (κ2) is 6.02. The fourth-order valence-electron chi connectivity index (χ4n) is 1.53. The highest BCUT2D eigenvalue weighted by Crippen LogP contribution is 2.10. The van der Waals surface area contributed by atoms with Crippen LogP contribution in [-0.4, -0.2) is 24.9 Å². The molecule has 8 heteroatoms. The Morgan fingerprint density at radius 2 is 1.95 bits per heavy atom. The first-order chi connectivity index (χ1) is 9.51. The van der Waals surface area contributed by atoms with E-state index >= 15 is 0 Å². The second-order valence-corrected chi connectivity index (χ2v) is 5.88. The molecule has 0 aliphatic heterocycles. The molecule has 0 fully saturated rings. The highest BCUT2D eigenvalue weighted by atomic mass is 32.2. The summed E-state index contributed by atoms with van der Waals surface area (Å²) in [5.41, 5.74) is 0. The van der Waals surface area contributed by atoms with Gasteiger partial charge < -0.3 is 9.73 Å². The Morgan fingerprint density at radius 1 is 1.25 bits per heavy atom. The van der Waals surface area contributed by atoms with E-state index in [9.17, 15) is 8.42 Å². The van der Waals surface area contributed by atoms with Crippen molar-refractivity contribution in [2.24, 2.45) is 0 Å². The molecular weight excluding hydrogens is 280 g/mol. The van der Waals surface area contributed by atoms with E-state index in [0.717, 1.165) is 5.76 Å². The van der Waals surface area contributed by atoms with Gasteiger partial charge in [-0.3, -0.25) is 0 Å². The summed E-state index contributed by atoms with van der Waals surface area (Å²) in [6.45, 7) is 4.46. The number of furan rings is 1. The molecule has 2 heterocycles. The van der Waals surface area contributed by atoms with E-state index in [1.165, 1.54) is 12.4 Å². The summed E-state index contributed by atoms with van der Waals surface area (Å²) in [7, 11) is -3.64. The molecule has 0 saturated carbocycles. The Hall–Kier alpha value is -1.93. The minimum atomic E-state index is -3.64. The lowest BCUT2D eigenvalue weighted by atomic mass is 10.4. The maximum Gasteiger partial charge on any atom is 0.244 e. The molecule has 2 N–H and O–H groups in total. The highest BCUT2D eigenvalue weighted by Gasteiger charge is 2.15. The van der Waals surface area contributed by atoms with Gasteiger partial charge >= 0.3 is 0 Å². The lowest BCUT2D eigenvalue weighted by Gasteiger charge is -2.06. The van der Waals surface area contributed by atoms with E-state index in [2.05, 4.69) is 20.0 Å². The molecule has 0 unspecified atom stereocenters. The molecule has 0 aliphatic rings. The van der Waals surface area contributed by atoms with Crippen molar-refractivity contribution in [2.75, 3.05) is 11.9 Å². The number of nitrogens with one attached hydrogen (secondary N) is 2. The van der Waals surface area contributed by atoms with Gasteiger partial charge in [-0.1, -0.05) is 0 Å². The van der Waals surface area contributed by atoms with Gasteiger partial charge in [-0.15, -0.1) is 0 Å². The van der Waals surface area contributed by atoms with E-state index in [1.54, 1.807) is 19.1 Å². The summed E-state index contributed by atoms with van der Waals surface area (Å²) >= 11 is 0. The summed E-state index contributed by atoms with van der Waals surface area (Å²) in [6, 6.07) is 3.50. The van der Waals surface area contributed by atoms with Crippen LogP contribution in [0.4, 0.5) is 5.95 Å². The monoisotopic (exact) mass is 296 g/mol. The SMILES string of the molecule is CCNc1ncc(S(=O)(=O)NCc2ccc(C)o2)cn1.